The van der Waals surface area contributed by atoms with Gasteiger partial charge in [0.25, 0.3) is 5.91 Å². The number of methoxy groups -OCH3 is 1. The monoisotopic (exact) mass is 434 g/mol. The maximum Gasteiger partial charge on any atom is 0.343 e. The third-order valence-electron chi connectivity index (χ3n) is 4.63. The molecule has 6 nitrogen and oxygen atoms in total. The number of halogens is 1. The number of amides is 1. The second kappa shape index (κ2) is 10.1. The third-order valence-corrected chi connectivity index (χ3v) is 5.25. The van der Waals surface area contributed by atoms with Gasteiger partial charge in [0, 0.05) is 6.04 Å². The van der Waals surface area contributed by atoms with Crippen LogP contribution in [0.25, 0.3) is 6.08 Å². The predicted octanol–water partition coefficient (Wildman–Crippen LogP) is 3.60. The molecular weight excluding hydrogens is 412 g/mol. The molecule has 1 fully saturated rings. The summed E-state index contributed by atoms with van der Waals surface area (Å²) in [4.78, 5) is 23.6. The van der Waals surface area contributed by atoms with Crippen molar-refractivity contribution in [3.05, 3.63) is 33.8 Å². The van der Waals surface area contributed by atoms with E-state index in [1.807, 2.05) is 6.07 Å². The number of hydrogen-bond acceptors (Lipinski definition) is 5. The van der Waals surface area contributed by atoms with E-state index in [-0.39, 0.29) is 24.1 Å². The van der Waals surface area contributed by atoms with Crippen molar-refractivity contribution in [2.45, 2.75) is 38.6 Å². The summed E-state index contributed by atoms with van der Waals surface area (Å²) in [6.07, 6.45) is 5.87. The molecule has 0 spiro atoms. The number of ether oxygens (including phenoxy) is 2. The Kier molecular flexibility index (Phi) is 7.86. The van der Waals surface area contributed by atoms with E-state index in [1.54, 1.807) is 18.2 Å². The molecule has 1 aliphatic rings. The molecule has 2 rings (SSSR count). The molecule has 2 atom stereocenters. The minimum Gasteiger partial charge on any atom is -0.481 e. The third kappa shape index (κ3) is 6.10. The molecule has 0 bridgehead atoms. The molecule has 1 N–H and O–H groups in total. The lowest BCUT2D eigenvalue weighted by atomic mass is 9.86. The van der Waals surface area contributed by atoms with Gasteiger partial charge in [-0.25, -0.2) is 4.79 Å². The van der Waals surface area contributed by atoms with E-state index >= 15 is 0 Å². The molecule has 0 aromatic heterocycles. The minimum absolute atomic E-state index is 0.0582. The van der Waals surface area contributed by atoms with Crippen molar-refractivity contribution in [3.8, 4) is 11.8 Å². The SMILES string of the molecule is COC(=O)COc1ccc(/C=C(\C#N)C(=O)NC2CCCCC2C)cc1Br. The molecular formula is C20H23BrN2O4. The van der Waals surface area contributed by atoms with Crippen LogP contribution in [0.15, 0.2) is 28.2 Å². The zero-order valence-corrected chi connectivity index (χ0v) is 17.0. The van der Waals surface area contributed by atoms with E-state index in [2.05, 4.69) is 32.9 Å². The van der Waals surface area contributed by atoms with Crippen LogP contribution in [0.3, 0.4) is 0 Å². The van der Waals surface area contributed by atoms with Gasteiger partial charge in [0.15, 0.2) is 6.61 Å². The topological polar surface area (TPSA) is 88.4 Å². The van der Waals surface area contributed by atoms with Gasteiger partial charge in [-0.2, -0.15) is 5.26 Å². The maximum absolute atomic E-state index is 12.5. The standard InChI is InChI=1S/C20H23BrN2O4/c1-13-5-3-4-6-17(13)23-20(25)15(11-22)9-14-7-8-18(16(21)10-14)27-12-19(24)26-2/h7-10,13,17H,3-6,12H2,1-2H3,(H,23,25)/b15-9+. The smallest absolute Gasteiger partial charge is 0.343 e. The molecule has 1 aliphatic carbocycles. The molecule has 0 radical (unpaired) electrons. The van der Waals surface area contributed by atoms with Crippen LogP contribution < -0.4 is 10.1 Å². The van der Waals surface area contributed by atoms with Crippen molar-refractivity contribution in [2.24, 2.45) is 5.92 Å². The zero-order valence-electron chi connectivity index (χ0n) is 15.5. The first-order chi connectivity index (χ1) is 12.9. The van der Waals surface area contributed by atoms with Gasteiger partial charge in [0.2, 0.25) is 0 Å². The number of rotatable bonds is 6. The van der Waals surface area contributed by atoms with E-state index in [0.717, 1.165) is 19.3 Å². The highest BCUT2D eigenvalue weighted by Crippen LogP contribution is 2.27. The lowest BCUT2D eigenvalue weighted by molar-refractivity contribution is -0.142. The average Bonchev–Trinajstić information content (AvgIpc) is 2.66. The number of hydrogen-bond donors (Lipinski definition) is 1. The van der Waals surface area contributed by atoms with Crippen LogP contribution in [-0.2, 0) is 14.3 Å². The van der Waals surface area contributed by atoms with E-state index < -0.39 is 5.97 Å². The predicted molar refractivity (Wildman–Crippen MR) is 105 cm³/mol. The second-order valence-corrected chi connectivity index (χ2v) is 7.42. The highest BCUT2D eigenvalue weighted by molar-refractivity contribution is 9.10. The molecule has 0 heterocycles. The maximum atomic E-state index is 12.5. The molecule has 2 unspecified atom stereocenters. The summed E-state index contributed by atoms with van der Waals surface area (Å²) < 4.78 is 10.5. The summed E-state index contributed by atoms with van der Waals surface area (Å²) in [6, 6.07) is 7.19. The quantitative estimate of drug-likeness (QED) is 0.419. The normalized spacial score (nSPS) is 19.7. The summed E-state index contributed by atoms with van der Waals surface area (Å²) in [7, 11) is 1.29. The summed E-state index contributed by atoms with van der Waals surface area (Å²) in [5, 5.41) is 12.4. The fourth-order valence-electron chi connectivity index (χ4n) is 3.01. The van der Waals surface area contributed by atoms with Crippen molar-refractivity contribution in [3.63, 3.8) is 0 Å². The van der Waals surface area contributed by atoms with E-state index in [9.17, 15) is 14.9 Å². The first kappa shape index (κ1) is 21.0. The first-order valence-electron chi connectivity index (χ1n) is 8.86. The van der Waals surface area contributed by atoms with Crippen molar-refractivity contribution < 1.29 is 19.1 Å². The Morgan fingerprint density at radius 3 is 2.74 bits per heavy atom. The number of nitrogens with one attached hydrogen (secondary N) is 1. The zero-order chi connectivity index (χ0) is 19.8. The number of carbonyl (C=O) groups is 2. The molecule has 27 heavy (non-hydrogen) atoms. The Balaban J connectivity index is 2.07. The minimum atomic E-state index is -0.480. The molecule has 7 heteroatoms. The molecule has 1 saturated carbocycles. The molecule has 1 aromatic rings. The molecule has 1 amide bonds. The van der Waals surface area contributed by atoms with Gasteiger partial charge in [0.1, 0.15) is 17.4 Å². The summed E-state index contributed by atoms with van der Waals surface area (Å²) in [5.41, 5.74) is 0.735. The van der Waals surface area contributed by atoms with Crippen molar-refractivity contribution in [1.82, 2.24) is 5.32 Å². The highest BCUT2D eigenvalue weighted by Gasteiger charge is 2.24. The Bertz CT molecular complexity index is 770. The van der Waals surface area contributed by atoms with Gasteiger partial charge in [0.05, 0.1) is 11.6 Å². The lowest BCUT2D eigenvalue weighted by Gasteiger charge is -2.29. The van der Waals surface area contributed by atoms with Crippen molar-refractivity contribution >= 4 is 33.9 Å². The van der Waals surface area contributed by atoms with Crippen LogP contribution >= 0.6 is 15.9 Å². The number of esters is 1. The Morgan fingerprint density at radius 1 is 1.37 bits per heavy atom. The Hall–Kier alpha value is -2.33. The van der Waals surface area contributed by atoms with Gasteiger partial charge in [-0.1, -0.05) is 25.8 Å². The van der Waals surface area contributed by atoms with Crippen LogP contribution in [0.1, 0.15) is 38.2 Å². The molecule has 144 valence electrons. The fraction of sp³-hybridized carbons (Fsp3) is 0.450. The Labute approximate surface area is 167 Å². The van der Waals surface area contributed by atoms with Gasteiger partial charge in [-0.3, -0.25) is 4.79 Å². The van der Waals surface area contributed by atoms with Crippen LogP contribution in [0.5, 0.6) is 5.75 Å². The van der Waals surface area contributed by atoms with E-state index in [0.29, 0.717) is 21.7 Å². The number of carbonyl (C=O) groups excluding carboxylic acids is 2. The van der Waals surface area contributed by atoms with Crippen molar-refractivity contribution in [2.75, 3.05) is 13.7 Å². The van der Waals surface area contributed by atoms with Gasteiger partial charge in [-0.15, -0.1) is 0 Å². The first-order valence-corrected chi connectivity index (χ1v) is 9.65. The van der Waals surface area contributed by atoms with Crippen molar-refractivity contribution in [1.29, 1.82) is 5.26 Å². The molecule has 0 aliphatic heterocycles. The van der Waals surface area contributed by atoms with E-state index in [4.69, 9.17) is 4.74 Å². The van der Waals surface area contributed by atoms with E-state index in [1.165, 1.54) is 19.6 Å². The van der Waals surface area contributed by atoms with Gasteiger partial charge in [-0.05, 0) is 58.5 Å². The summed E-state index contributed by atoms with van der Waals surface area (Å²) in [6.45, 7) is 1.93. The van der Waals surface area contributed by atoms with Crippen LogP contribution in [0.2, 0.25) is 0 Å². The largest absolute Gasteiger partial charge is 0.481 e. The fourth-order valence-corrected chi connectivity index (χ4v) is 3.52. The molecule has 0 saturated heterocycles. The van der Waals surface area contributed by atoms with Gasteiger partial charge >= 0.3 is 5.97 Å². The van der Waals surface area contributed by atoms with Crippen LogP contribution in [-0.4, -0.2) is 31.6 Å². The van der Waals surface area contributed by atoms with Crippen LogP contribution in [0.4, 0.5) is 0 Å². The van der Waals surface area contributed by atoms with Gasteiger partial charge < -0.3 is 14.8 Å². The lowest BCUT2D eigenvalue weighted by Crippen LogP contribution is -2.41. The summed E-state index contributed by atoms with van der Waals surface area (Å²) >= 11 is 3.37. The molecule has 1 aromatic carbocycles. The second-order valence-electron chi connectivity index (χ2n) is 6.57. The number of benzene rings is 1. The number of nitriles is 1. The van der Waals surface area contributed by atoms with Crippen LogP contribution in [0, 0.1) is 17.2 Å². The Morgan fingerprint density at radius 2 is 2.11 bits per heavy atom. The average molecular weight is 435 g/mol. The highest BCUT2D eigenvalue weighted by atomic mass is 79.9. The number of nitrogens with zero attached hydrogens (tertiary/aromatic N) is 1. The summed E-state index contributed by atoms with van der Waals surface area (Å²) in [5.74, 6) is 0.0595.